The van der Waals surface area contributed by atoms with Crippen LogP contribution in [0.4, 0.5) is 5.69 Å². The van der Waals surface area contributed by atoms with Gasteiger partial charge in [-0.05, 0) is 19.9 Å². The number of aromatic nitrogens is 2. The molecule has 0 radical (unpaired) electrons. The Hall–Kier alpha value is -2.01. The van der Waals surface area contributed by atoms with E-state index in [2.05, 4.69) is 30.3 Å². The number of hydrogen-bond donors (Lipinski definition) is 1. The van der Waals surface area contributed by atoms with Gasteiger partial charge in [0.05, 0.1) is 31.1 Å². The van der Waals surface area contributed by atoms with E-state index in [-0.39, 0.29) is 11.6 Å². The van der Waals surface area contributed by atoms with E-state index in [1.807, 2.05) is 35.3 Å². The predicted octanol–water partition coefficient (Wildman–Crippen LogP) is 2.85. The second-order valence-electron chi connectivity index (χ2n) is 5.81. The van der Waals surface area contributed by atoms with Crippen LogP contribution in [0.25, 0.3) is 0 Å². The molecular formula is C16H21N3O2. The minimum Gasteiger partial charge on any atom is -0.485 e. The van der Waals surface area contributed by atoms with Crippen molar-refractivity contribution in [3.63, 3.8) is 0 Å². The lowest BCUT2D eigenvalue weighted by Crippen LogP contribution is -2.34. The molecule has 112 valence electrons. The summed E-state index contributed by atoms with van der Waals surface area (Å²) in [7, 11) is 1.69. The molecule has 0 aliphatic carbocycles. The highest BCUT2D eigenvalue weighted by molar-refractivity contribution is 5.50. The highest BCUT2D eigenvalue weighted by Gasteiger charge is 2.41. The van der Waals surface area contributed by atoms with Gasteiger partial charge in [-0.3, -0.25) is 4.68 Å². The van der Waals surface area contributed by atoms with Gasteiger partial charge in [0.25, 0.3) is 0 Å². The van der Waals surface area contributed by atoms with E-state index in [0.29, 0.717) is 6.61 Å². The van der Waals surface area contributed by atoms with Crippen molar-refractivity contribution in [2.75, 3.05) is 19.0 Å². The number of fused-ring (bicyclic) bond motifs is 1. The number of para-hydroxylation sites is 1. The van der Waals surface area contributed by atoms with Crippen molar-refractivity contribution in [1.29, 1.82) is 0 Å². The molecule has 0 fully saturated rings. The molecule has 1 aromatic carbocycles. The number of hydrogen-bond acceptors (Lipinski definition) is 4. The topological polar surface area (TPSA) is 48.3 Å². The van der Waals surface area contributed by atoms with Gasteiger partial charge in [0.15, 0.2) is 0 Å². The summed E-state index contributed by atoms with van der Waals surface area (Å²) in [6.45, 7) is 5.60. The fourth-order valence-electron chi connectivity index (χ4n) is 2.69. The summed E-state index contributed by atoms with van der Waals surface area (Å²) in [6.07, 6.45) is 3.84. The standard InChI is InChI=1S/C16H21N3O2/c1-16(2)15(13-6-4-5-7-14(13)21-16)18-12-10-17-19(11-12)8-9-20-3/h4-7,10-11,15,18H,8-9H2,1-3H3. The van der Waals surface area contributed by atoms with E-state index in [1.165, 1.54) is 5.56 Å². The first kappa shape index (κ1) is 13.9. The molecule has 1 aliphatic rings. The molecule has 1 unspecified atom stereocenters. The van der Waals surface area contributed by atoms with Crippen LogP contribution in [0.15, 0.2) is 36.7 Å². The quantitative estimate of drug-likeness (QED) is 0.918. The van der Waals surface area contributed by atoms with Crippen molar-refractivity contribution < 1.29 is 9.47 Å². The third-order valence-electron chi connectivity index (χ3n) is 3.77. The van der Waals surface area contributed by atoms with Crippen LogP contribution in [0, 0.1) is 0 Å². The number of nitrogens with one attached hydrogen (secondary N) is 1. The number of benzene rings is 1. The molecule has 0 saturated carbocycles. The Morgan fingerprint density at radius 3 is 3.00 bits per heavy atom. The summed E-state index contributed by atoms with van der Waals surface area (Å²) < 4.78 is 13.0. The van der Waals surface area contributed by atoms with Crippen LogP contribution >= 0.6 is 0 Å². The maximum absolute atomic E-state index is 6.04. The van der Waals surface area contributed by atoms with Crippen LogP contribution in [0.2, 0.25) is 0 Å². The molecule has 1 N–H and O–H groups in total. The Morgan fingerprint density at radius 2 is 2.19 bits per heavy atom. The molecule has 5 heteroatoms. The maximum Gasteiger partial charge on any atom is 0.128 e. The Kier molecular flexibility index (Phi) is 3.59. The van der Waals surface area contributed by atoms with Crippen molar-refractivity contribution in [3.05, 3.63) is 42.2 Å². The third kappa shape index (κ3) is 2.74. The molecule has 0 saturated heterocycles. The molecule has 5 nitrogen and oxygen atoms in total. The van der Waals surface area contributed by atoms with Crippen LogP contribution in [-0.2, 0) is 11.3 Å². The average Bonchev–Trinajstić information content (AvgIpc) is 3.00. The monoisotopic (exact) mass is 287 g/mol. The third-order valence-corrected chi connectivity index (χ3v) is 3.77. The Labute approximate surface area is 124 Å². The second kappa shape index (κ2) is 5.41. The van der Waals surface area contributed by atoms with Gasteiger partial charge in [-0.1, -0.05) is 18.2 Å². The van der Waals surface area contributed by atoms with E-state index < -0.39 is 0 Å². The van der Waals surface area contributed by atoms with Gasteiger partial charge in [0.2, 0.25) is 0 Å². The normalized spacial score (nSPS) is 19.1. The minimum atomic E-state index is -0.293. The average molecular weight is 287 g/mol. The molecule has 21 heavy (non-hydrogen) atoms. The van der Waals surface area contributed by atoms with Crippen molar-refractivity contribution in [2.45, 2.75) is 32.0 Å². The second-order valence-corrected chi connectivity index (χ2v) is 5.81. The summed E-state index contributed by atoms with van der Waals surface area (Å²) in [5.41, 5.74) is 1.88. The molecule has 1 atom stereocenters. The molecule has 2 aromatic rings. The van der Waals surface area contributed by atoms with Gasteiger partial charge in [-0.25, -0.2) is 0 Å². The maximum atomic E-state index is 6.04. The zero-order valence-corrected chi connectivity index (χ0v) is 12.7. The molecular weight excluding hydrogens is 266 g/mol. The summed E-state index contributed by atoms with van der Waals surface area (Å²) in [5, 5.41) is 7.87. The SMILES string of the molecule is COCCn1cc(NC2c3ccccc3OC2(C)C)cn1. The minimum absolute atomic E-state index is 0.105. The number of anilines is 1. The molecule has 0 bridgehead atoms. The lowest BCUT2D eigenvalue weighted by Gasteiger charge is -2.27. The summed E-state index contributed by atoms with van der Waals surface area (Å²) in [4.78, 5) is 0. The highest BCUT2D eigenvalue weighted by Crippen LogP contribution is 2.44. The van der Waals surface area contributed by atoms with Crippen molar-refractivity contribution in [1.82, 2.24) is 9.78 Å². The van der Waals surface area contributed by atoms with Crippen LogP contribution in [-0.4, -0.2) is 29.1 Å². The van der Waals surface area contributed by atoms with Gasteiger partial charge in [-0.2, -0.15) is 5.10 Å². The van der Waals surface area contributed by atoms with Crippen LogP contribution in [0.5, 0.6) is 5.75 Å². The highest BCUT2D eigenvalue weighted by atomic mass is 16.5. The van der Waals surface area contributed by atoms with E-state index >= 15 is 0 Å². The molecule has 2 heterocycles. The lowest BCUT2D eigenvalue weighted by atomic mass is 9.94. The van der Waals surface area contributed by atoms with Gasteiger partial charge < -0.3 is 14.8 Å². The first-order valence-corrected chi connectivity index (χ1v) is 7.16. The molecule has 3 rings (SSSR count). The summed E-state index contributed by atoms with van der Waals surface area (Å²) in [6, 6.07) is 8.27. The number of methoxy groups -OCH3 is 1. The van der Waals surface area contributed by atoms with Gasteiger partial charge >= 0.3 is 0 Å². The molecule has 1 aromatic heterocycles. The van der Waals surface area contributed by atoms with Crippen LogP contribution in [0.3, 0.4) is 0 Å². The predicted molar refractivity (Wildman–Crippen MR) is 81.6 cm³/mol. The molecule has 1 aliphatic heterocycles. The Bertz CT molecular complexity index is 621. The smallest absolute Gasteiger partial charge is 0.128 e. The number of rotatable bonds is 5. The van der Waals surface area contributed by atoms with Crippen molar-refractivity contribution in [2.24, 2.45) is 0 Å². The first-order chi connectivity index (χ1) is 10.1. The van der Waals surface area contributed by atoms with Gasteiger partial charge in [-0.15, -0.1) is 0 Å². The largest absolute Gasteiger partial charge is 0.485 e. The summed E-state index contributed by atoms with van der Waals surface area (Å²) in [5.74, 6) is 0.951. The van der Waals surface area contributed by atoms with E-state index in [0.717, 1.165) is 18.0 Å². The molecule has 0 amide bonds. The number of ether oxygens (including phenoxy) is 2. The first-order valence-electron chi connectivity index (χ1n) is 7.16. The molecule has 0 spiro atoms. The fourth-order valence-corrected chi connectivity index (χ4v) is 2.69. The van der Waals surface area contributed by atoms with Gasteiger partial charge in [0, 0.05) is 18.9 Å². The van der Waals surface area contributed by atoms with Crippen molar-refractivity contribution >= 4 is 5.69 Å². The zero-order valence-electron chi connectivity index (χ0n) is 12.7. The fraction of sp³-hybridized carbons (Fsp3) is 0.438. The Balaban J connectivity index is 1.79. The van der Waals surface area contributed by atoms with Crippen LogP contribution in [0.1, 0.15) is 25.5 Å². The van der Waals surface area contributed by atoms with E-state index in [4.69, 9.17) is 9.47 Å². The van der Waals surface area contributed by atoms with E-state index in [1.54, 1.807) is 7.11 Å². The van der Waals surface area contributed by atoms with Gasteiger partial charge in [0.1, 0.15) is 11.4 Å². The lowest BCUT2D eigenvalue weighted by molar-refractivity contribution is 0.118. The summed E-state index contributed by atoms with van der Waals surface area (Å²) >= 11 is 0. The number of nitrogens with zero attached hydrogens (tertiary/aromatic N) is 2. The Morgan fingerprint density at radius 1 is 1.38 bits per heavy atom. The zero-order chi connectivity index (χ0) is 14.9. The van der Waals surface area contributed by atoms with Crippen molar-refractivity contribution in [3.8, 4) is 5.75 Å². The van der Waals surface area contributed by atoms with E-state index in [9.17, 15) is 0 Å². The van der Waals surface area contributed by atoms with Crippen LogP contribution < -0.4 is 10.1 Å².